The number of aromatic amines is 1. The van der Waals surface area contributed by atoms with Gasteiger partial charge in [0.2, 0.25) is 5.91 Å². The number of rotatable bonds is 3. The molecule has 3 aromatic rings. The molecule has 1 aromatic heterocycles. The smallest absolute Gasteiger partial charge is 0.227 e. The molecule has 4 heteroatoms. The van der Waals surface area contributed by atoms with Crippen LogP contribution in [0.2, 0.25) is 5.02 Å². The maximum Gasteiger partial charge on any atom is 0.227 e. The Morgan fingerprint density at radius 1 is 1.00 bits per heavy atom. The van der Waals surface area contributed by atoms with Crippen molar-refractivity contribution in [3.05, 3.63) is 59.1 Å². The van der Waals surface area contributed by atoms with E-state index in [0.29, 0.717) is 11.4 Å². The van der Waals surface area contributed by atoms with Crippen molar-refractivity contribution < 1.29 is 4.79 Å². The standard InChI is InChI=1S/C21H21ClN2O/c22-16-10-8-15(9-11-16)21-18(17-6-2-3-7-19(17)23-21)14-20(25)24-12-4-1-5-13-24/h2-3,6-11,23H,1,4-5,12-14H2. The highest BCUT2D eigenvalue weighted by Crippen LogP contribution is 2.32. The molecule has 1 N–H and O–H groups in total. The van der Waals surface area contributed by atoms with Crippen LogP contribution in [0.5, 0.6) is 0 Å². The van der Waals surface area contributed by atoms with Gasteiger partial charge in [-0.25, -0.2) is 0 Å². The van der Waals surface area contributed by atoms with E-state index in [-0.39, 0.29) is 5.91 Å². The van der Waals surface area contributed by atoms with Crippen LogP contribution in [0.1, 0.15) is 24.8 Å². The van der Waals surface area contributed by atoms with Crippen LogP contribution in [0.15, 0.2) is 48.5 Å². The molecule has 1 amide bonds. The minimum Gasteiger partial charge on any atom is -0.354 e. The predicted molar refractivity (Wildman–Crippen MR) is 103 cm³/mol. The second kappa shape index (κ2) is 6.93. The number of para-hydroxylation sites is 1. The molecule has 0 unspecified atom stereocenters. The monoisotopic (exact) mass is 352 g/mol. The molecule has 25 heavy (non-hydrogen) atoms. The number of aromatic nitrogens is 1. The fraction of sp³-hybridized carbons (Fsp3) is 0.286. The lowest BCUT2D eigenvalue weighted by atomic mass is 10.0. The number of carbonyl (C=O) groups excluding carboxylic acids is 1. The van der Waals surface area contributed by atoms with E-state index in [1.807, 2.05) is 41.3 Å². The van der Waals surface area contributed by atoms with Crippen LogP contribution < -0.4 is 0 Å². The van der Waals surface area contributed by atoms with Crippen molar-refractivity contribution in [1.29, 1.82) is 0 Å². The summed E-state index contributed by atoms with van der Waals surface area (Å²) >= 11 is 6.03. The van der Waals surface area contributed by atoms with E-state index >= 15 is 0 Å². The number of H-pyrrole nitrogens is 1. The number of benzene rings is 2. The van der Waals surface area contributed by atoms with Gasteiger partial charge in [0.1, 0.15) is 0 Å². The van der Waals surface area contributed by atoms with E-state index in [0.717, 1.165) is 53.7 Å². The second-order valence-electron chi connectivity index (χ2n) is 6.65. The number of carbonyl (C=O) groups is 1. The van der Waals surface area contributed by atoms with Crippen LogP contribution in [-0.4, -0.2) is 28.9 Å². The zero-order valence-electron chi connectivity index (χ0n) is 14.1. The quantitative estimate of drug-likeness (QED) is 0.704. The summed E-state index contributed by atoms with van der Waals surface area (Å²) < 4.78 is 0. The van der Waals surface area contributed by atoms with Crippen LogP contribution >= 0.6 is 11.6 Å². The molecular weight excluding hydrogens is 332 g/mol. The summed E-state index contributed by atoms with van der Waals surface area (Å²) in [5, 5.41) is 1.84. The van der Waals surface area contributed by atoms with Gasteiger partial charge in [-0.1, -0.05) is 41.9 Å². The first-order valence-corrected chi connectivity index (χ1v) is 9.23. The van der Waals surface area contributed by atoms with Crippen molar-refractivity contribution in [2.45, 2.75) is 25.7 Å². The molecule has 2 heterocycles. The van der Waals surface area contributed by atoms with Crippen LogP contribution in [0.4, 0.5) is 0 Å². The van der Waals surface area contributed by atoms with Crippen molar-refractivity contribution in [2.75, 3.05) is 13.1 Å². The molecule has 0 atom stereocenters. The molecule has 0 radical (unpaired) electrons. The number of halogens is 1. The van der Waals surface area contributed by atoms with E-state index in [2.05, 4.69) is 17.1 Å². The highest BCUT2D eigenvalue weighted by atomic mass is 35.5. The molecule has 1 saturated heterocycles. The molecule has 1 aliphatic heterocycles. The minimum absolute atomic E-state index is 0.222. The minimum atomic E-state index is 0.222. The first-order chi connectivity index (χ1) is 12.2. The summed E-state index contributed by atoms with van der Waals surface area (Å²) in [5.41, 5.74) is 4.22. The molecule has 3 nitrogen and oxygen atoms in total. The highest BCUT2D eigenvalue weighted by Gasteiger charge is 2.21. The van der Waals surface area contributed by atoms with Gasteiger partial charge in [-0.15, -0.1) is 0 Å². The van der Waals surface area contributed by atoms with E-state index in [9.17, 15) is 4.79 Å². The molecular formula is C21H21ClN2O. The fourth-order valence-electron chi connectivity index (χ4n) is 3.65. The van der Waals surface area contributed by atoms with Crippen LogP contribution in [-0.2, 0) is 11.2 Å². The second-order valence-corrected chi connectivity index (χ2v) is 7.09. The number of fused-ring (bicyclic) bond motifs is 1. The third-order valence-electron chi connectivity index (χ3n) is 4.98. The van der Waals surface area contributed by atoms with Crippen LogP contribution in [0.3, 0.4) is 0 Å². The maximum absolute atomic E-state index is 12.8. The van der Waals surface area contributed by atoms with E-state index < -0.39 is 0 Å². The Labute approximate surface area is 152 Å². The molecule has 0 spiro atoms. The molecule has 0 aliphatic carbocycles. The third kappa shape index (κ3) is 3.29. The van der Waals surface area contributed by atoms with Gasteiger partial charge in [0, 0.05) is 29.0 Å². The third-order valence-corrected chi connectivity index (χ3v) is 5.24. The number of nitrogens with one attached hydrogen (secondary N) is 1. The van der Waals surface area contributed by atoms with E-state index in [1.165, 1.54) is 6.42 Å². The van der Waals surface area contributed by atoms with Gasteiger partial charge in [-0.2, -0.15) is 0 Å². The number of likely N-dealkylation sites (tertiary alicyclic amines) is 1. The molecule has 0 saturated carbocycles. The Kier molecular flexibility index (Phi) is 4.50. The Morgan fingerprint density at radius 2 is 1.72 bits per heavy atom. The number of hydrogen-bond acceptors (Lipinski definition) is 1. The van der Waals surface area contributed by atoms with Crippen LogP contribution in [0.25, 0.3) is 22.2 Å². The summed E-state index contributed by atoms with van der Waals surface area (Å²) in [4.78, 5) is 18.3. The van der Waals surface area contributed by atoms with Gasteiger partial charge in [0.25, 0.3) is 0 Å². The summed E-state index contributed by atoms with van der Waals surface area (Å²) in [6.45, 7) is 1.77. The summed E-state index contributed by atoms with van der Waals surface area (Å²) in [6, 6.07) is 16.0. The largest absolute Gasteiger partial charge is 0.354 e. The molecule has 0 bridgehead atoms. The molecule has 4 rings (SSSR count). The predicted octanol–water partition coefficient (Wildman–Crippen LogP) is 5.04. The molecule has 1 fully saturated rings. The lowest BCUT2D eigenvalue weighted by molar-refractivity contribution is -0.131. The number of nitrogens with zero attached hydrogens (tertiary/aromatic N) is 1. The molecule has 1 aliphatic rings. The summed E-state index contributed by atoms with van der Waals surface area (Å²) in [6.07, 6.45) is 3.89. The fourth-order valence-corrected chi connectivity index (χ4v) is 3.78. The van der Waals surface area contributed by atoms with Gasteiger partial charge in [-0.3, -0.25) is 4.79 Å². The number of hydrogen-bond donors (Lipinski definition) is 1. The van der Waals surface area contributed by atoms with Gasteiger partial charge < -0.3 is 9.88 Å². The maximum atomic E-state index is 12.8. The zero-order valence-corrected chi connectivity index (χ0v) is 14.9. The summed E-state index contributed by atoms with van der Waals surface area (Å²) in [7, 11) is 0. The Bertz CT molecular complexity index is 892. The SMILES string of the molecule is O=C(Cc1c(-c2ccc(Cl)cc2)[nH]c2ccccc12)N1CCCCC1. The van der Waals surface area contributed by atoms with Gasteiger partial charge in [-0.05, 0) is 48.6 Å². The normalized spacial score (nSPS) is 14.8. The highest BCUT2D eigenvalue weighted by molar-refractivity contribution is 6.30. The number of amides is 1. The van der Waals surface area contributed by atoms with Crippen molar-refractivity contribution >= 4 is 28.4 Å². The Morgan fingerprint density at radius 3 is 2.48 bits per heavy atom. The van der Waals surface area contributed by atoms with Crippen molar-refractivity contribution in [3.63, 3.8) is 0 Å². The summed E-state index contributed by atoms with van der Waals surface area (Å²) in [5.74, 6) is 0.222. The Hall–Kier alpha value is -2.26. The van der Waals surface area contributed by atoms with E-state index in [1.54, 1.807) is 0 Å². The average molecular weight is 353 g/mol. The first-order valence-electron chi connectivity index (χ1n) is 8.85. The van der Waals surface area contributed by atoms with E-state index in [4.69, 9.17) is 11.6 Å². The lowest BCUT2D eigenvalue weighted by Gasteiger charge is -2.26. The van der Waals surface area contributed by atoms with Crippen molar-refractivity contribution in [2.24, 2.45) is 0 Å². The average Bonchev–Trinajstić information content (AvgIpc) is 3.02. The zero-order chi connectivity index (χ0) is 17.2. The number of piperidine rings is 1. The van der Waals surface area contributed by atoms with Gasteiger partial charge in [0.05, 0.1) is 12.1 Å². The molecule has 2 aromatic carbocycles. The lowest BCUT2D eigenvalue weighted by Crippen LogP contribution is -2.36. The van der Waals surface area contributed by atoms with Crippen LogP contribution in [0, 0.1) is 0 Å². The molecule has 128 valence electrons. The van der Waals surface area contributed by atoms with Gasteiger partial charge >= 0.3 is 0 Å². The van der Waals surface area contributed by atoms with Crippen molar-refractivity contribution in [3.8, 4) is 11.3 Å². The Balaban J connectivity index is 1.74. The van der Waals surface area contributed by atoms with Crippen molar-refractivity contribution in [1.82, 2.24) is 9.88 Å². The van der Waals surface area contributed by atoms with Gasteiger partial charge in [0.15, 0.2) is 0 Å². The topological polar surface area (TPSA) is 36.1 Å². The first kappa shape index (κ1) is 16.2.